The minimum absolute atomic E-state index is 0.0673. The largest absolute Gasteiger partial charge is 0.496 e. The molecular formula is C17H20ClNO. The third-order valence-corrected chi connectivity index (χ3v) is 3.75. The summed E-state index contributed by atoms with van der Waals surface area (Å²) in [5.74, 6) is 0.829. The molecule has 0 saturated heterocycles. The van der Waals surface area contributed by atoms with Crippen LogP contribution >= 0.6 is 11.6 Å². The van der Waals surface area contributed by atoms with Crippen LogP contribution in [0.3, 0.4) is 0 Å². The maximum Gasteiger partial charge on any atom is 0.122 e. The molecule has 106 valence electrons. The Hall–Kier alpha value is -1.51. The van der Waals surface area contributed by atoms with Crippen LogP contribution in [0, 0.1) is 13.8 Å². The zero-order valence-electron chi connectivity index (χ0n) is 12.1. The maximum atomic E-state index is 6.37. The second kappa shape index (κ2) is 6.29. The van der Waals surface area contributed by atoms with Crippen LogP contribution in [0.2, 0.25) is 5.02 Å². The number of halogens is 1. The molecule has 0 radical (unpaired) electrons. The zero-order chi connectivity index (χ0) is 14.7. The first-order chi connectivity index (χ1) is 9.51. The molecule has 0 aliphatic rings. The number of ether oxygens (including phenoxy) is 1. The lowest BCUT2D eigenvalue weighted by atomic mass is 9.94. The van der Waals surface area contributed by atoms with Crippen LogP contribution in [0.5, 0.6) is 5.75 Å². The molecule has 1 unspecified atom stereocenters. The van der Waals surface area contributed by atoms with Crippen LogP contribution in [0.15, 0.2) is 36.4 Å². The van der Waals surface area contributed by atoms with Crippen LogP contribution < -0.4 is 10.5 Å². The molecule has 20 heavy (non-hydrogen) atoms. The lowest BCUT2D eigenvalue weighted by molar-refractivity contribution is 0.408. The van der Waals surface area contributed by atoms with Crippen molar-refractivity contribution in [2.75, 3.05) is 7.11 Å². The molecule has 0 bridgehead atoms. The van der Waals surface area contributed by atoms with E-state index in [2.05, 4.69) is 32.0 Å². The van der Waals surface area contributed by atoms with Gasteiger partial charge in [-0.15, -0.1) is 0 Å². The summed E-state index contributed by atoms with van der Waals surface area (Å²) in [7, 11) is 1.66. The van der Waals surface area contributed by atoms with Crippen molar-refractivity contribution in [2.45, 2.75) is 26.3 Å². The highest BCUT2D eigenvalue weighted by molar-refractivity contribution is 6.30. The van der Waals surface area contributed by atoms with Crippen LogP contribution in [0.1, 0.15) is 28.3 Å². The summed E-state index contributed by atoms with van der Waals surface area (Å²) in [6.07, 6.45) is 0.702. The average Bonchev–Trinajstić information content (AvgIpc) is 2.41. The molecule has 2 nitrogen and oxygen atoms in total. The van der Waals surface area contributed by atoms with Crippen LogP contribution in [-0.4, -0.2) is 7.11 Å². The Balaban J connectivity index is 2.29. The molecule has 0 aromatic heterocycles. The Bertz CT molecular complexity index is 610. The summed E-state index contributed by atoms with van der Waals surface area (Å²) in [6.45, 7) is 4.17. The highest BCUT2D eigenvalue weighted by atomic mass is 35.5. The standard InChI is InChI=1S/C17H20ClNO/c1-11-4-5-12(2)15(8-11)16(19)10-13-9-14(18)6-7-17(13)20-3/h4-9,16H,10,19H2,1-3H3. The van der Waals surface area contributed by atoms with Gasteiger partial charge in [0.15, 0.2) is 0 Å². The second-order valence-corrected chi connectivity index (χ2v) is 5.56. The van der Waals surface area contributed by atoms with E-state index in [1.807, 2.05) is 18.2 Å². The van der Waals surface area contributed by atoms with E-state index in [1.54, 1.807) is 7.11 Å². The first-order valence-electron chi connectivity index (χ1n) is 6.66. The van der Waals surface area contributed by atoms with Crippen molar-refractivity contribution in [2.24, 2.45) is 5.73 Å². The van der Waals surface area contributed by atoms with Crippen molar-refractivity contribution >= 4 is 11.6 Å². The monoisotopic (exact) mass is 289 g/mol. The van der Waals surface area contributed by atoms with Gasteiger partial charge in [0.05, 0.1) is 7.11 Å². The molecule has 2 rings (SSSR count). The van der Waals surface area contributed by atoms with E-state index in [1.165, 1.54) is 16.7 Å². The van der Waals surface area contributed by atoms with E-state index in [-0.39, 0.29) is 6.04 Å². The summed E-state index contributed by atoms with van der Waals surface area (Å²) in [5, 5.41) is 0.703. The first-order valence-corrected chi connectivity index (χ1v) is 7.04. The van der Waals surface area contributed by atoms with E-state index in [4.69, 9.17) is 22.1 Å². The number of hydrogen-bond acceptors (Lipinski definition) is 2. The number of nitrogens with two attached hydrogens (primary N) is 1. The van der Waals surface area contributed by atoms with Gasteiger partial charge in [-0.3, -0.25) is 0 Å². The van der Waals surface area contributed by atoms with Gasteiger partial charge in [0.2, 0.25) is 0 Å². The van der Waals surface area contributed by atoms with E-state index in [0.29, 0.717) is 11.4 Å². The number of hydrogen-bond donors (Lipinski definition) is 1. The summed E-state index contributed by atoms with van der Waals surface area (Å²) in [6, 6.07) is 11.9. The van der Waals surface area contributed by atoms with Crippen molar-refractivity contribution in [3.8, 4) is 5.75 Å². The van der Waals surface area contributed by atoms with Gasteiger partial charge in [-0.2, -0.15) is 0 Å². The number of rotatable bonds is 4. The highest BCUT2D eigenvalue weighted by Gasteiger charge is 2.13. The minimum atomic E-state index is -0.0673. The minimum Gasteiger partial charge on any atom is -0.496 e. The zero-order valence-corrected chi connectivity index (χ0v) is 12.9. The highest BCUT2D eigenvalue weighted by Crippen LogP contribution is 2.28. The lowest BCUT2D eigenvalue weighted by Gasteiger charge is -2.17. The van der Waals surface area contributed by atoms with Crippen molar-refractivity contribution in [1.29, 1.82) is 0 Å². The van der Waals surface area contributed by atoms with Crippen LogP contribution in [-0.2, 0) is 6.42 Å². The third kappa shape index (κ3) is 3.33. The van der Waals surface area contributed by atoms with Gasteiger partial charge >= 0.3 is 0 Å². The number of methoxy groups -OCH3 is 1. The summed E-state index contributed by atoms with van der Waals surface area (Å²) >= 11 is 6.06. The predicted molar refractivity (Wildman–Crippen MR) is 84.6 cm³/mol. The lowest BCUT2D eigenvalue weighted by Crippen LogP contribution is -2.15. The molecule has 0 spiro atoms. The van der Waals surface area contributed by atoms with Crippen molar-refractivity contribution in [1.82, 2.24) is 0 Å². The topological polar surface area (TPSA) is 35.2 Å². The molecule has 0 heterocycles. The molecule has 2 aromatic rings. The van der Waals surface area contributed by atoms with Gasteiger partial charge < -0.3 is 10.5 Å². The molecule has 2 N–H and O–H groups in total. The fourth-order valence-electron chi connectivity index (χ4n) is 2.41. The summed E-state index contributed by atoms with van der Waals surface area (Å²) in [4.78, 5) is 0. The van der Waals surface area contributed by atoms with Gasteiger partial charge in [-0.1, -0.05) is 35.4 Å². The molecule has 0 aliphatic carbocycles. The van der Waals surface area contributed by atoms with Crippen molar-refractivity contribution in [3.63, 3.8) is 0 Å². The van der Waals surface area contributed by atoms with Crippen LogP contribution in [0.25, 0.3) is 0 Å². The SMILES string of the molecule is COc1ccc(Cl)cc1CC(N)c1cc(C)ccc1C. The van der Waals surface area contributed by atoms with E-state index in [9.17, 15) is 0 Å². The van der Waals surface area contributed by atoms with Gasteiger partial charge in [0.1, 0.15) is 5.75 Å². The molecule has 0 aliphatic heterocycles. The fraction of sp³-hybridized carbons (Fsp3) is 0.294. The molecule has 0 amide bonds. The Morgan fingerprint density at radius 2 is 1.90 bits per heavy atom. The number of benzene rings is 2. The average molecular weight is 290 g/mol. The molecule has 1 atom stereocenters. The molecular weight excluding hydrogens is 270 g/mol. The quantitative estimate of drug-likeness (QED) is 0.915. The molecule has 0 fully saturated rings. The van der Waals surface area contributed by atoms with Gasteiger partial charge in [0.25, 0.3) is 0 Å². The van der Waals surface area contributed by atoms with Crippen molar-refractivity contribution < 1.29 is 4.74 Å². The van der Waals surface area contributed by atoms with E-state index < -0.39 is 0 Å². The van der Waals surface area contributed by atoms with Gasteiger partial charge in [-0.25, -0.2) is 0 Å². The Kier molecular flexibility index (Phi) is 4.69. The molecule has 0 saturated carbocycles. The Labute approximate surface area is 125 Å². The van der Waals surface area contributed by atoms with Gasteiger partial charge in [0, 0.05) is 11.1 Å². The Morgan fingerprint density at radius 1 is 1.15 bits per heavy atom. The third-order valence-electron chi connectivity index (χ3n) is 3.52. The Morgan fingerprint density at radius 3 is 2.60 bits per heavy atom. The maximum absolute atomic E-state index is 6.37. The first kappa shape index (κ1) is 14.9. The number of aryl methyl sites for hydroxylation is 2. The van der Waals surface area contributed by atoms with Crippen LogP contribution in [0.4, 0.5) is 0 Å². The van der Waals surface area contributed by atoms with E-state index >= 15 is 0 Å². The normalized spacial score (nSPS) is 12.2. The summed E-state index contributed by atoms with van der Waals surface area (Å²) in [5.41, 5.74) is 11.0. The van der Waals surface area contributed by atoms with E-state index in [0.717, 1.165) is 11.3 Å². The molecule has 2 aromatic carbocycles. The molecule has 3 heteroatoms. The fourth-order valence-corrected chi connectivity index (χ4v) is 2.61. The second-order valence-electron chi connectivity index (χ2n) is 5.13. The van der Waals surface area contributed by atoms with Crippen molar-refractivity contribution in [3.05, 3.63) is 63.7 Å². The smallest absolute Gasteiger partial charge is 0.122 e. The predicted octanol–water partition coefficient (Wildman–Crippen LogP) is 4.21. The summed E-state index contributed by atoms with van der Waals surface area (Å²) < 4.78 is 5.38. The van der Waals surface area contributed by atoms with Gasteiger partial charge in [-0.05, 0) is 55.2 Å².